The number of nitrogens with zero attached hydrogens (tertiary/aromatic N) is 1. The van der Waals surface area contributed by atoms with Crippen LogP contribution in [0.4, 0.5) is 4.39 Å². The van der Waals surface area contributed by atoms with Crippen molar-refractivity contribution in [3.05, 3.63) is 57.8 Å². The van der Waals surface area contributed by atoms with Crippen LogP contribution in [-0.2, 0) is 19.1 Å². The number of halogens is 3. The van der Waals surface area contributed by atoms with Crippen LogP contribution in [0, 0.1) is 19.7 Å². The summed E-state index contributed by atoms with van der Waals surface area (Å²) in [5.41, 5.74) is 0.914. The second kappa shape index (κ2) is 6.33. The van der Waals surface area contributed by atoms with E-state index >= 15 is 0 Å². The van der Waals surface area contributed by atoms with Crippen LogP contribution in [0.5, 0.6) is 0 Å². The number of hydrogen-bond donors (Lipinski definition) is 0. The summed E-state index contributed by atoms with van der Waals surface area (Å²) in [6.45, 7) is 3.38. The van der Waals surface area contributed by atoms with E-state index in [0.717, 1.165) is 17.7 Å². The normalized spacial score (nSPS) is 12.7. The minimum atomic E-state index is -4.47. The van der Waals surface area contributed by atoms with Crippen LogP contribution in [0.25, 0.3) is 10.9 Å². The zero-order valence-corrected chi connectivity index (χ0v) is 17.5. The lowest BCUT2D eigenvalue weighted by Gasteiger charge is -2.12. The molecule has 0 aliphatic rings. The third kappa shape index (κ3) is 3.06. The molecular formula is C16H12BrClFNO4S2. The molecule has 0 unspecified atom stereocenters. The van der Waals surface area contributed by atoms with E-state index in [1.165, 1.54) is 12.1 Å². The maximum Gasteiger partial charge on any atom is 0.277 e. The van der Waals surface area contributed by atoms with E-state index in [1.54, 1.807) is 26.0 Å². The molecule has 3 aromatic rings. The summed E-state index contributed by atoms with van der Waals surface area (Å²) in [5, 5.41) is -0.627. The Kier molecular flexibility index (Phi) is 4.71. The van der Waals surface area contributed by atoms with E-state index in [-0.39, 0.29) is 15.8 Å². The minimum Gasteiger partial charge on any atom is -0.218 e. The van der Waals surface area contributed by atoms with Gasteiger partial charge in [-0.15, -0.1) is 0 Å². The van der Waals surface area contributed by atoms with Crippen LogP contribution in [0.15, 0.2) is 50.8 Å². The molecule has 26 heavy (non-hydrogen) atoms. The topological polar surface area (TPSA) is 73.2 Å². The molecule has 0 saturated heterocycles. The van der Waals surface area contributed by atoms with Crippen molar-refractivity contribution in [1.82, 2.24) is 3.97 Å². The smallest absolute Gasteiger partial charge is 0.218 e. The van der Waals surface area contributed by atoms with Crippen molar-refractivity contribution in [3.63, 3.8) is 0 Å². The lowest BCUT2D eigenvalue weighted by molar-refractivity contribution is 0.575. The molecule has 0 bridgehead atoms. The highest BCUT2D eigenvalue weighted by Crippen LogP contribution is 2.37. The molecule has 2 aromatic carbocycles. The average Bonchev–Trinajstić information content (AvgIpc) is 2.95. The Morgan fingerprint density at radius 1 is 1.04 bits per heavy atom. The van der Waals surface area contributed by atoms with Gasteiger partial charge in [0, 0.05) is 20.5 Å². The molecule has 0 atom stereocenters. The molecule has 138 valence electrons. The van der Waals surface area contributed by atoms with E-state index < -0.39 is 29.9 Å². The Morgan fingerprint density at radius 3 is 2.15 bits per heavy atom. The van der Waals surface area contributed by atoms with Crippen molar-refractivity contribution < 1.29 is 21.2 Å². The van der Waals surface area contributed by atoms with Gasteiger partial charge >= 0.3 is 0 Å². The third-order valence-corrected chi connectivity index (χ3v) is 8.06. The molecular weight excluding hydrogens is 469 g/mol. The largest absolute Gasteiger partial charge is 0.277 e. The quantitative estimate of drug-likeness (QED) is 0.523. The second-order valence-corrected chi connectivity index (χ2v) is 10.8. The molecule has 0 fully saturated rings. The van der Waals surface area contributed by atoms with Crippen molar-refractivity contribution in [3.8, 4) is 0 Å². The van der Waals surface area contributed by atoms with Crippen molar-refractivity contribution in [2.45, 2.75) is 23.8 Å². The predicted molar refractivity (Wildman–Crippen MR) is 101 cm³/mol. The molecule has 1 heterocycles. The summed E-state index contributed by atoms with van der Waals surface area (Å²) in [4.78, 5) is -0.182. The minimum absolute atomic E-state index is 0.0948. The number of aryl methyl sites for hydroxylation is 2. The molecule has 10 heteroatoms. The van der Waals surface area contributed by atoms with Crippen LogP contribution < -0.4 is 0 Å². The van der Waals surface area contributed by atoms with Gasteiger partial charge in [0.05, 0.1) is 4.90 Å². The summed E-state index contributed by atoms with van der Waals surface area (Å²) in [7, 11) is -3.44. The van der Waals surface area contributed by atoms with E-state index in [4.69, 9.17) is 10.7 Å². The zero-order valence-electron chi connectivity index (χ0n) is 13.5. The van der Waals surface area contributed by atoms with Gasteiger partial charge in [0.25, 0.3) is 19.1 Å². The SMILES string of the molecule is Cc1ccc(S(=O)(=O)n2c(S(=O)(=O)Cl)cc3c(Br)c(C)cc(F)c32)cc1. The first kappa shape index (κ1) is 19.3. The molecule has 0 spiro atoms. The van der Waals surface area contributed by atoms with Crippen molar-refractivity contribution in [2.75, 3.05) is 0 Å². The second-order valence-electron chi connectivity index (χ2n) is 5.75. The fraction of sp³-hybridized carbons (Fsp3) is 0.125. The van der Waals surface area contributed by atoms with Crippen molar-refractivity contribution in [1.29, 1.82) is 0 Å². The van der Waals surface area contributed by atoms with Gasteiger partial charge in [0.1, 0.15) is 11.3 Å². The van der Waals surface area contributed by atoms with Crippen LogP contribution in [0.2, 0.25) is 0 Å². The van der Waals surface area contributed by atoms with Gasteiger partial charge in [0.15, 0.2) is 5.03 Å². The van der Waals surface area contributed by atoms with E-state index in [0.29, 0.717) is 14.0 Å². The molecule has 0 saturated carbocycles. The van der Waals surface area contributed by atoms with Gasteiger partial charge in [-0.25, -0.2) is 25.2 Å². The van der Waals surface area contributed by atoms with Gasteiger partial charge in [-0.1, -0.05) is 17.7 Å². The van der Waals surface area contributed by atoms with Crippen LogP contribution in [0.3, 0.4) is 0 Å². The number of rotatable bonds is 3. The highest BCUT2D eigenvalue weighted by atomic mass is 79.9. The molecule has 5 nitrogen and oxygen atoms in total. The molecule has 0 radical (unpaired) electrons. The summed E-state index contributed by atoms with van der Waals surface area (Å²) in [6, 6.07) is 7.93. The highest BCUT2D eigenvalue weighted by molar-refractivity contribution is 9.10. The van der Waals surface area contributed by atoms with Crippen molar-refractivity contribution >= 4 is 56.6 Å². The Hall–Kier alpha value is -1.42. The standard InChI is InChI=1S/C16H12BrClFNO4S2/c1-9-3-5-11(6-4-9)26(23,24)20-14(25(18,21)22)8-12-15(17)10(2)7-13(19)16(12)20/h3-8H,1-2H3. The number of hydrogen-bond acceptors (Lipinski definition) is 4. The van der Waals surface area contributed by atoms with Crippen LogP contribution >= 0.6 is 26.6 Å². The first-order chi connectivity index (χ1) is 11.9. The first-order valence-corrected chi connectivity index (χ1v) is 11.8. The van der Waals surface area contributed by atoms with E-state index in [1.807, 2.05) is 0 Å². The lowest BCUT2D eigenvalue weighted by atomic mass is 10.2. The molecule has 1 aromatic heterocycles. The number of aromatic nitrogens is 1. The van der Waals surface area contributed by atoms with Crippen LogP contribution in [-0.4, -0.2) is 20.8 Å². The predicted octanol–water partition coefficient (Wildman–Crippen LogP) is 4.32. The maximum atomic E-state index is 14.7. The average molecular weight is 481 g/mol. The van der Waals surface area contributed by atoms with Crippen LogP contribution in [0.1, 0.15) is 11.1 Å². The summed E-state index contributed by atoms with van der Waals surface area (Å²) < 4.78 is 65.7. The highest BCUT2D eigenvalue weighted by Gasteiger charge is 2.31. The fourth-order valence-electron chi connectivity index (χ4n) is 2.62. The first-order valence-electron chi connectivity index (χ1n) is 7.21. The molecule has 3 rings (SSSR count). The van der Waals surface area contributed by atoms with Gasteiger partial charge in [-0.3, -0.25) is 0 Å². The molecule has 0 amide bonds. The Labute approximate surface area is 163 Å². The lowest BCUT2D eigenvalue weighted by Crippen LogP contribution is -2.17. The van der Waals surface area contributed by atoms with Gasteiger partial charge in [-0.05, 0) is 59.6 Å². The maximum absolute atomic E-state index is 14.7. The summed E-state index contributed by atoms with van der Waals surface area (Å²) in [5.74, 6) is -0.872. The Morgan fingerprint density at radius 2 is 1.62 bits per heavy atom. The fourth-order valence-corrected chi connectivity index (χ4v) is 6.04. The van der Waals surface area contributed by atoms with E-state index in [9.17, 15) is 21.2 Å². The molecule has 0 N–H and O–H groups in total. The molecule has 0 aliphatic carbocycles. The Bertz CT molecular complexity index is 1250. The van der Waals surface area contributed by atoms with Gasteiger partial charge in [-0.2, -0.15) is 0 Å². The molecule has 0 aliphatic heterocycles. The zero-order chi connectivity index (χ0) is 19.4. The van der Waals surface area contributed by atoms with Gasteiger partial charge in [0.2, 0.25) is 0 Å². The Balaban J connectivity index is 2.52. The van der Waals surface area contributed by atoms with Crippen molar-refractivity contribution in [2.24, 2.45) is 0 Å². The monoisotopic (exact) mass is 479 g/mol. The summed E-state index contributed by atoms with van der Waals surface area (Å²) >= 11 is 3.25. The third-order valence-electron chi connectivity index (χ3n) is 3.89. The number of benzene rings is 2. The van der Waals surface area contributed by atoms with Gasteiger partial charge < -0.3 is 0 Å². The van der Waals surface area contributed by atoms with E-state index in [2.05, 4.69) is 15.9 Å². The summed E-state index contributed by atoms with van der Waals surface area (Å²) in [6.07, 6.45) is 0. The number of fused-ring (bicyclic) bond motifs is 1.